The van der Waals surface area contributed by atoms with Crippen LogP contribution in [0.4, 0.5) is 0 Å². The van der Waals surface area contributed by atoms with Crippen molar-refractivity contribution < 1.29 is 4.79 Å². The monoisotopic (exact) mass is 353 g/mol. The molecule has 1 saturated heterocycles. The Bertz CT molecular complexity index is 563. The fourth-order valence-electron chi connectivity index (χ4n) is 1.61. The van der Waals surface area contributed by atoms with Crippen molar-refractivity contribution in [2.45, 2.75) is 6.92 Å². The van der Waals surface area contributed by atoms with E-state index in [4.69, 9.17) is 12.2 Å². The third-order valence-electron chi connectivity index (χ3n) is 2.60. The third kappa shape index (κ3) is 3.55. The van der Waals surface area contributed by atoms with Crippen molar-refractivity contribution in [3.63, 3.8) is 0 Å². The molecule has 0 radical (unpaired) electrons. The molecule has 0 N–H and O–H groups in total. The maximum Gasteiger partial charge on any atom is 0.266 e. The van der Waals surface area contributed by atoms with Crippen molar-refractivity contribution in [1.82, 2.24) is 4.90 Å². The van der Waals surface area contributed by atoms with Crippen molar-refractivity contribution in [1.29, 1.82) is 0 Å². The van der Waals surface area contributed by atoms with E-state index in [1.54, 1.807) is 4.90 Å². The Morgan fingerprint density at radius 3 is 2.63 bits per heavy atom. The maximum atomic E-state index is 11.9. The summed E-state index contributed by atoms with van der Waals surface area (Å²) in [5, 5.41) is 0. The summed E-state index contributed by atoms with van der Waals surface area (Å²) in [7, 11) is 0. The molecular weight excluding hydrogens is 342 g/mol. The number of nitrogens with zero attached hydrogens (tertiary/aromatic N) is 1. The fraction of sp³-hybridized carbons (Fsp3) is 0.143. The largest absolute Gasteiger partial charge is 0.293 e. The average molecular weight is 354 g/mol. The van der Waals surface area contributed by atoms with Crippen LogP contribution in [-0.2, 0) is 4.79 Å². The van der Waals surface area contributed by atoms with Gasteiger partial charge in [0.2, 0.25) is 0 Å². The molecule has 0 aliphatic carbocycles. The van der Waals surface area contributed by atoms with Gasteiger partial charge in [-0.3, -0.25) is 9.69 Å². The highest BCUT2D eigenvalue weighted by Crippen LogP contribution is 2.30. The van der Waals surface area contributed by atoms with Gasteiger partial charge in [-0.05, 0) is 30.7 Å². The highest BCUT2D eigenvalue weighted by atomic mass is 79.9. The van der Waals surface area contributed by atoms with Crippen molar-refractivity contribution >= 4 is 56.2 Å². The second kappa shape index (κ2) is 6.50. The number of rotatable bonds is 3. The lowest BCUT2D eigenvalue weighted by Gasteiger charge is -2.09. The van der Waals surface area contributed by atoms with E-state index in [0.717, 1.165) is 10.0 Å². The van der Waals surface area contributed by atoms with Crippen LogP contribution in [0.25, 0.3) is 6.08 Å². The van der Waals surface area contributed by atoms with Crippen LogP contribution in [-0.4, -0.2) is 21.7 Å². The zero-order chi connectivity index (χ0) is 13.8. The lowest BCUT2D eigenvalue weighted by Crippen LogP contribution is -2.27. The minimum absolute atomic E-state index is 0.00189. The topological polar surface area (TPSA) is 20.3 Å². The molecule has 1 amide bonds. The number of thioether (sulfide) groups is 1. The summed E-state index contributed by atoms with van der Waals surface area (Å²) in [6, 6.07) is 7.98. The molecule has 1 aromatic rings. The van der Waals surface area contributed by atoms with Gasteiger partial charge >= 0.3 is 0 Å². The predicted octanol–water partition coefficient (Wildman–Crippen LogP) is 4.23. The Kier molecular flexibility index (Phi) is 4.96. The van der Waals surface area contributed by atoms with Crippen LogP contribution in [0.5, 0.6) is 0 Å². The lowest BCUT2D eigenvalue weighted by molar-refractivity contribution is -0.122. The SMILES string of the molecule is CCN1C(=O)/C(=C\C=C\c2ccc(Br)cc2)SC1=S. The summed E-state index contributed by atoms with van der Waals surface area (Å²) in [5.41, 5.74) is 1.09. The Hall–Kier alpha value is -0.910. The number of carbonyl (C=O) groups excluding carboxylic acids is 1. The van der Waals surface area contributed by atoms with E-state index in [0.29, 0.717) is 15.8 Å². The lowest BCUT2D eigenvalue weighted by atomic mass is 10.2. The predicted molar refractivity (Wildman–Crippen MR) is 88.8 cm³/mol. The van der Waals surface area contributed by atoms with Gasteiger partial charge in [-0.25, -0.2) is 0 Å². The van der Waals surface area contributed by atoms with Crippen LogP contribution < -0.4 is 0 Å². The van der Waals surface area contributed by atoms with Gasteiger partial charge in [0.1, 0.15) is 4.32 Å². The molecule has 0 spiro atoms. The van der Waals surface area contributed by atoms with Gasteiger partial charge in [0.15, 0.2) is 0 Å². The molecule has 1 aliphatic rings. The smallest absolute Gasteiger partial charge is 0.266 e. The van der Waals surface area contributed by atoms with Gasteiger partial charge in [-0.2, -0.15) is 0 Å². The van der Waals surface area contributed by atoms with E-state index in [2.05, 4.69) is 15.9 Å². The number of thiocarbonyl (C=S) groups is 1. The first kappa shape index (κ1) is 14.5. The van der Waals surface area contributed by atoms with Gasteiger partial charge in [-0.15, -0.1) is 0 Å². The van der Waals surface area contributed by atoms with E-state index < -0.39 is 0 Å². The average Bonchev–Trinajstić information content (AvgIpc) is 2.66. The van der Waals surface area contributed by atoms with Gasteiger partial charge in [0, 0.05) is 11.0 Å². The van der Waals surface area contributed by atoms with Crippen molar-refractivity contribution in [3.8, 4) is 0 Å². The molecule has 2 rings (SSSR count). The Balaban J connectivity index is 2.09. The normalized spacial score (nSPS) is 18.0. The molecule has 1 fully saturated rings. The van der Waals surface area contributed by atoms with E-state index in [1.165, 1.54) is 11.8 Å². The molecule has 0 bridgehead atoms. The molecule has 19 heavy (non-hydrogen) atoms. The summed E-state index contributed by atoms with van der Waals surface area (Å²) in [5.74, 6) is -0.00189. The first-order chi connectivity index (χ1) is 9.11. The van der Waals surface area contributed by atoms with Crippen LogP contribution in [0.3, 0.4) is 0 Å². The van der Waals surface area contributed by atoms with E-state index >= 15 is 0 Å². The highest BCUT2D eigenvalue weighted by Gasteiger charge is 2.29. The number of benzene rings is 1. The van der Waals surface area contributed by atoms with Gasteiger partial charge in [0.05, 0.1) is 4.91 Å². The molecule has 0 aromatic heterocycles. The second-order valence-electron chi connectivity index (χ2n) is 3.86. The zero-order valence-corrected chi connectivity index (χ0v) is 13.5. The molecule has 1 aliphatic heterocycles. The van der Waals surface area contributed by atoms with Crippen molar-refractivity contribution in [3.05, 3.63) is 51.4 Å². The Morgan fingerprint density at radius 2 is 2.05 bits per heavy atom. The second-order valence-corrected chi connectivity index (χ2v) is 6.45. The van der Waals surface area contributed by atoms with Gasteiger partial charge in [0.25, 0.3) is 5.91 Å². The summed E-state index contributed by atoms with van der Waals surface area (Å²) in [4.78, 5) is 14.2. The van der Waals surface area contributed by atoms with Crippen LogP contribution >= 0.6 is 39.9 Å². The summed E-state index contributed by atoms with van der Waals surface area (Å²) >= 11 is 9.90. The van der Waals surface area contributed by atoms with Gasteiger partial charge in [-0.1, -0.05) is 64.2 Å². The Labute approximate surface area is 130 Å². The molecule has 0 saturated carbocycles. The quantitative estimate of drug-likeness (QED) is 0.599. The van der Waals surface area contributed by atoms with E-state index in [-0.39, 0.29) is 5.91 Å². The van der Waals surface area contributed by atoms with Crippen LogP contribution in [0.15, 0.2) is 45.8 Å². The Morgan fingerprint density at radius 1 is 1.37 bits per heavy atom. The molecule has 2 nitrogen and oxygen atoms in total. The van der Waals surface area contributed by atoms with E-state index in [9.17, 15) is 4.79 Å². The molecule has 5 heteroatoms. The number of likely N-dealkylation sites (N-methyl/N-ethyl adjacent to an activating group) is 1. The first-order valence-electron chi connectivity index (χ1n) is 5.79. The molecule has 1 heterocycles. The molecule has 0 unspecified atom stereocenters. The standard InChI is InChI=1S/C14H12BrNOS2/c1-2-16-13(17)12(19-14(16)18)5-3-4-10-6-8-11(15)9-7-10/h3-9H,2H2,1H3/b4-3+,12-5+. The summed E-state index contributed by atoms with van der Waals surface area (Å²) in [6.07, 6.45) is 5.66. The summed E-state index contributed by atoms with van der Waals surface area (Å²) in [6.45, 7) is 2.55. The van der Waals surface area contributed by atoms with E-state index in [1.807, 2.05) is 49.4 Å². The fourth-order valence-corrected chi connectivity index (χ4v) is 3.21. The number of hydrogen-bond donors (Lipinski definition) is 0. The zero-order valence-electron chi connectivity index (χ0n) is 10.3. The van der Waals surface area contributed by atoms with Crippen LogP contribution in [0.1, 0.15) is 12.5 Å². The molecule has 0 atom stereocenters. The molecule has 98 valence electrons. The third-order valence-corrected chi connectivity index (χ3v) is 4.52. The maximum absolute atomic E-state index is 11.9. The van der Waals surface area contributed by atoms with Crippen LogP contribution in [0.2, 0.25) is 0 Å². The van der Waals surface area contributed by atoms with Crippen LogP contribution in [0, 0.1) is 0 Å². The number of hydrogen-bond acceptors (Lipinski definition) is 3. The number of halogens is 1. The first-order valence-corrected chi connectivity index (χ1v) is 7.81. The molecular formula is C14H12BrNOS2. The minimum atomic E-state index is -0.00189. The van der Waals surface area contributed by atoms with Crippen molar-refractivity contribution in [2.75, 3.05) is 6.54 Å². The highest BCUT2D eigenvalue weighted by molar-refractivity contribution is 9.10. The van der Waals surface area contributed by atoms with Crippen molar-refractivity contribution in [2.24, 2.45) is 0 Å². The molecule has 1 aromatic carbocycles. The number of amides is 1. The number of carbonyl (C=O) groups is 1. The minimum Gasteiger partial charge on any atom is -0.293 e. The van der Waals surface area contributed by atoms with Gasteiger partial charge < -0.3 is 0 Å². The number of allylic oxidation sites excluding steroid dienone is 2. The summed E-state index contributed by atoms with van der Waals surface area (Å²) < 4.78 is 1.68.